The summed E-state index contributed by atoms with van der Waals surface area (Å²) >= 11 is 0. The van der Waals surface area contributed by atoms with Crippen molar-refractivity contribution in [3.05, 3.63) is 23.3 Å². The highest BCUT2D eigenvalue weighted by Gasteiger charge is 2.61. The number of hydrogen-bond acceptors (Lipinski definition) is 4. The first-order valence-electron chi connectivity index (χ1n) is 7.81. The van der Waals surface area contributed by atoms with Crippen LogP contribution in [-0.4, -0.2) is 42.9 Å². The van der Waals surface area contributed by atoms with Gasteiger partial charge in [0.1, 0.15) is 6.10 Å². The molecule has 2 heterocycles. The Morgan fingerprint density at radius 3 is 3.00 bits per heavy atom. The summed E-state index contributed by atoms with van der Waals surface area (Å²) < 4.78 is 11.8. The van der Waals surface area contributed by atoms with E-state index >= 15 is 0 Å². The number of methoxy groups -OCH3 is 1. The number of aliphatic hydroxyl groups excluding tert-OH is 1. The molecule has 4 nitrogen and oxygen atoms in total. The van der Waals surface area contributed by atoms with E-state index in [2.05, 4.69) is 24.9 Å². The van der Waals surface area contributed by atoms with E-state index in [4.69, 9.17) is 9.47 Å². The molecule has 21 heavy (non-hydrogen) atoms. The van der Waals surface area contributed by atoms with Crippen molar-refractivity contribution < 1.29 is 14.6 Å². The summed E-state index contributed by atoms with van der Waals surface area (Å²) in [4.78, 5) is 2.36. The van der Waals surface area contributed by atoms with Crippen LogP contribution >= 0.6 is 0 Å². The molecule has 0 aromatic heterocycles. The normalized spacial score (nSPS) is 37.6. The fraction of sp³-hybridized carbons (Fsp3) is 0.647. The van der Waals surface area contributed by atoms with E-state index in [0.717, 1.165) is 37.4 Å². The quantitative estimate of drug-likeness (QED) is 0.858. The van der Waals surface area contributed by atoms with E-state index in [-0.39, 0.29) is 23.5 Å². The van der Waals surface area contributed by atoms with Gasteiger partial charge in [0.25, 0.3) is 0 Å². The van der Waals surface area contributed by atoms with Crippen LogP contribution in [0.15, 0.2) is 12.1 Å². The summed E-state index contributed by atoms with van der Waals surface area (Å²) in [5.74, 6) is 1.98. The molecule has 4 rings (SSSR count). The SMILES string of the molecule is COc1ccc2c3c1O[C@H]1C[C@@H](O)C(C)[C@@]31CCN(C)C2. The molecule has 0 radical (unpaired) electrons. The summed E-state index contributed by atoms with van der Waals surface area (Å²) in [6, 6.07) is 4.19. The Bertz CT molecular complexity index is 588. The van der Waals surface area contributed by atoms with Gasteiger partial charge < -0.3 is 19.5 Å². The smallest absolute Gasteiger partial charge is 0.165 e. The molecule has 1 spiro atoms. The molecular weight excluding hydrogens is 266 g/mol. The van der Waals surface area contributed by atoms with E-state index in [0.29, 0.717) is 0 Å². The topological polar surface area (TPSA) is 41.9 Å². The third-order valence-corrected chi connectivity index (χ3v) is 5.92. The fourth-order valence-corrected chi connectivity index (χ4v) is 4.74. The van der Waals surface area contributed by atoms with E-state index in [1.807, 2.05) is 6.07 Å². The Balaban J connectivity index is 1.97. The first kappa shape index (κ1) is 13.4. The Morgan fingerprint density at radius 1 is 1.43 bits per heavy atom. The number of nitrogens with zero attached hydrogens (tertiary/aromatic N) is 1. The summed E-state index contributed by atoms with van der Waals surface area (Å²) in [5, 5.41) is 10.4. The third kappa shape index (κ3) is 1.58. The lowest BCUT2D eigenvalue weighted by atomic mass is 9.69. The van der Waals surface area contributed by atoms with Crippen molar-refractivity contribution in [1.29, 1.82) is 0 Å². The van der Waals surface area contributed by atoms with Crippen molar-refractivity contribution in [1.82, 2.24) is 4.90 Å². The average molecular weight is 289 g/mol. The second kappa shape index (κ2) is 4.37. The molecule has 0 bridgehead atoms. The number of ether oxygens (including phenoxy) is 2. The van der Waals surface area contributed by atoms with Gasteiger partial charge in [0.2, 0.25) is 0 Å². The van der Waals surface area contributed by atoms with E-state index in [9.17, 15) is 5.11 Å². The summed E-state index contributed by atoms with van der Waals surface area (Å²) in [6.07, 6.45) is 1.58. The molecule has 1 aromatic carbocycles. The van der Waals surface area contributed by atoms with Gasteiger partial charge in [-0.2, -0.15) is 0 Å². The second-order valence-electron chi connectivity index (χ2n) is 6.86. The monoisotopic (exact) mass is 289 g/mol. The zero-order valence-corrected chi connectivity index (χ0v) is 12.9. The van der Waals surface area contributed by atoms with Gasteiger partial charge in [-0.05, 0) is 37.6 Å². The van der Waals surface area contributed by atoms with Gasteiger partial charge in [0, 0.05) is 23.9 Å². The molecule has 0 amide bonds. The van der Waals surface area contributed by atoms with Crippen LogP contribution in [0.25, 0.3) is 0 Å². The van der Waals surface area contributed by atoms with Crippen LogP contribution in [0.2, 0.25) is 0 Å². The molecule has 1 fully saturated rings. The summed E-state index contributed by atoms with van der Waals surface area (Å²) in [6.45, 7) is 4.15. The summed E-state index contributed by atoms with van der Waals surface area (Å²) in [7, 11) is 3.86. The molecule has 114 valence electrons. The molecule has 1 unspecified atom stereocenters. The fourth-order valence-electron chi connectivity index (χ4n) is 4.74. The van der Waals surface area contributed by atoms with Crippen molar-refractivity contribution >= 4 is 0 Å². The highest BCUT2D eigenvalue weighted by molar-refractivity contribution is 5.59. The van der Waals surface area contributed by atoms with E-state index < -0.39 is 0 Å². The maximum atomic E-state index is 10.4. The standard InChI is InChI=1S/C17H23NO3/c1-10-12(19)8-14-17(10)6-7-18(2)9-11-4-5-13(20-3)16(21-14)15(11)17/h4-5,10,12,14,19H,6-9H2,1-3H3/t10?,12-,14+,17-/m1/s1. The number of aliphatic hydroxyl groups is 1. The lowest BCUT2D eigenvalue weighted by molar-refractivity contribution is 0.112. The van der Waals surface area contributed by atoms with Gasteiger partial charge in [-0.1, -0.05) is 13.0 Å². The molecule has 4 heteroatoms. The minimum absolute atomic E-state index is 0.0522. The molecule has 4 atom stereocenters. The number of benzene rings is 1. The molecule has 1 saturated carbocycles. The predicted octanol–water partition coefficient (Wildman–Crippen LogP) is 1.93. The molecule has 1 aliphatic carbocycles. The lowest BCUT2D eigenvalue weighted by Crippen LogP contribution is -2.40. The van der Waals surface area contributed by atoms with Gasteiger partial charge in [-0.15, -0.1) is 0 Å². The van der Waals surface area contributed by atoms with Crippen molar-refractivity contribution in [3.8, 4) is 11.5 Å². The van der Waals surface area contributed by atoms with Gasteiger partial charge in [0.05, 0.1) is 13.2 Å². The summed E-state index contributed by atoms with van der Waals surface area (Å²) in [5.41, 5.74) is 2.58. The maximum absolute atomic E-state index is 10.4. The largest absolute Gasteiger partial charge is 0.493 e. The van der Waals surface area contributed by atoms with Crippen molar-refractivity contribution in [2.24, 2.45) is 5.92 Å². The van der Waals surface area contributed by atoms with Gasteiger partial charge in [-0.25, -0.2) is 0 Å². The highest BCUT2D eigenvalue weighted by atomic mass is 16.5. The highest BCUT2D eigenvalue weighted by Crippen LogP contribution is 2.60. The number of rotatable bonds is 1. The van der Waals surface area contributed by atoms with Crippen molar-refractivity contribution in [2.75, 3.05) is 20.7 Å². The van der Waals surface area contributed by atoms with E-state index in [1.54, 1.807) is 7.11 Å². The molecule has 1 N–H and O–H groups in total. The van der Waals surface area contributed by atoms with E-state index in [1.165, 1.54) is 11.1 Å². The molecule has 1 aromatic rings. The molecule has 0 saturated heterocycles. The van der Waals surface area contributed by atoms with Crippen LogP contribution in [0.4, 0.5) is 0 Å². The van der Waals surface area contributed by atoms with Crippen LogP contribution in [0.1, 0.15) is 30.9 Å². The Kier molecular flexibility index (Phi) is 2.79. The van der Waals surface area contributed by atoms with Crippen LogP contribution in [0.3, 0.4) is 0 Å². The Morgan fingerprint density at radius 2 is 2.24 bits per heavy atom. The molecule has 3 aliphatic rings. The van der Waals surface area contributed by atoms with Crippen molar-refractivity contribution in [2.45, 2.75) is 43.9 Å². The first-order valence-corrected chi connectivity index (χ1v) is 7.81. The minimum atomic E-state index is -0.273. The zero-order valence-electron chi connectivity index (χ0n) is 12.9. The average Bonchev–Trinajstić information content (AvgIpc) is 2.83. The third-order valence-electron chi connectivity index (χ3n) is 5.92. The van der Waals surface area contributed by atoms with Gasteiger partial charge in [-0.3, -0.25) is 0 Å². The Hall–Kier alpha value is -1.26. The van der Waals surface area contributed by atoms with Crippen LogP contribution in [-0.2, 0) is 12.0 Å². The lowest BCUT2D eigenvalue weighted by Gasteiger charge is -2.33. The molecular formula is C17H23NO3. The maximum Gasteiger partial charge on any atom is 0.165 e. The van der Waals surface area contributed by atoms with Gasteiger partial charge >= 0.3 is 0 Å². The minimum Gasteiger partial charge on any atom is -0.493 e. The number of hydrogen-bond donors (Lipinski definition) is 1. The van der Waals surface area contributed by atoms with Crippen LogP contribution in [0, 0.1) is 5.92 Å². The van der Waals surface area contributed by atoms with Crippen molar-refractivity contribution in [3.63, 3.8) is 0 Å². The van der Waals surface area contributed by atoms with Gasteiger partial charge in [0.15, 0.2) is 11.5 Å². The second-order valence-corrected chi connectivity index (χ2v) is 6.86. The first-order chi connectivity index (χ1) is 10.1. The zero-order chi connectivity index (χ0) is 14.8. The van der Waals surface area contributed by atoms with Crippen LogP contribution < -0.4 is 9.47 Å². The van der Waals surface area contributed by atoms with Crippen LogP contribution in [0.5, 0.6) is 11.5 Å². The molecule has 2 aliphatic heterocycles. The predicted molar refractivity (Wildman–Crippen MR) is 79.8 cm³/mol. The Labute approximate surface area is 125 Å².